The minimum absolute atomic E-state index is 0.406. The quantitative estimate of drug-likeness (QED) is 0.668. The van der Waals surface area contributed by atoms with Crippen molar-refractivity contribution in [1.29, 1.82) is 0 Å². The summed E-state index contributed by atoms with van der Waals surface area (Å²) >= 11 is 0. The topological polar surface area (TPSA) is 93.6 Å². The predicted octanol–water partition coefficient (Wildman–Crippen LogP) is 1.12. The van der Waals surface area contributed by atoms with Crippen LogP contribution in [0.3, 0.4) is 0 Å². The molecule has 3 aromatic heterocycles. The van der Waals surface area contributed by atoms with Crippen LogP contribution in [-0.4, -0.2) is 19.9 Å². The predicted molar refractivity (Wildman–Crippen MR) is 57.6 cm³/mol. The number of H-pyrrole nitrogens is 1. The molecule has 0 saturated carbocycles. The summed E-state index contributed by atoms with van der Waals surface area (Å²) in [4.78, 5) is 15.3. The Morgan fingerprint density at radius 2 is 2.31 bits per heavy atom. The van der Waals surface area contributed by atoms with Gasteiger partial charge in [0.25, 0.3) is 0 Å². The Morgan fingerprint density at radius 3 is 3.06 bits per heavy atom. The summed E-state index contributed by atoms with van der Waals surface area (Å²) in [6.07, 6.45) is 3.62. The smallest absolute Gasteiger partial charge is 0.183 e. The van der Waals surface area contributed by atoms with Crippen LogP contribution >= 0.6 is 0 Å². The van der Waals surface area contributed by atoms with Crippen molar-refractivity contribution in [3.8, 4) is 0 Å². The van der Waals surface area contributed by atoms with Crippen molar-refractivity contribution in [2.75, 3.05) is 5.73 Å². The third-order valence-electron chi connectivity index (χ3n) is 2.29. The van der Waals surface area contributed by atoms with E-state index in [4.69, 9.17) is 10.2 Å². The maximum Gasteiger partial charge on any atom is 0.183 e. The first kappa shape index (κ1) is 8.90. The Kier molecular flexibility index (Phi) is 1.86. The van der Waals surface area contributed by atoms with Crippen molar-refractivity contribution in [2.45, 2.75) is 6.42 Å². The normalized spacial score (nSPS) is 11.0. The van der Waals surface area contributed by atoms with Crippen LogP contribution in [0, 0.1) is 0 Å². The van der Waals surface area contributed by atoms with Crippen LogP contribution in [0.4, 0.5) is 5.82 Å². The molecule has 0 aliphatic rings. The van der Waals surface area contributed by atoms with E-state index in [1.54, 1.807) is 6.26 Å². The van der Waals surface area contributed by atoms with E-state index < -0.39 is 0 Å². The number of nitrogens with one attached hydrogen (secondary N) is 1. The third kappa shape index (κ3) is 1.40. The molecule has 6 nitrogen and oxygen atoms in total. The van der Waals surface area contributed by atoms with Gasteiger partial charge in [-0.1, -0.05) is 0 Å². The summed E-state index contributed by atoms with van der Waals surface area (Å²) in [5.74, 6) is 2.01. The summed E-state index contributed by atoms with van der Waals surface area (Å²) < 4.78 is 5.24. The zero-order valence-electron chi connectivity index (χ0n) is 8.34. The van der Waals surface area contributed by atoms with Gasteiger partial charge in [0, 0.05) is 0 Å². The number of aromatic amines is 1. The Bertz CT molecular complexity index is 613. The molecular formula is C10H9N5O. The van der Waals surface area contributed by atoms with E-state index in [9.17, 15) is 0 Å². The maximum absolute atomic E-state index is 5.70. The van der Waals surface area contributed by atoms with E-state index in [0.29, 0.717) is 23.4 Å². The molecule has 3 rings (SSSR count). The molecule has 0 atom stereocenters. The Morgan fingerprint density at radius 1 is 1.38 bits per heavy atom. The second kappa shape index (κ2) is 3.34. The van der Waals surface area contributed by atoms with Gasteiger partial charge in [-0.25, -0.2) is 15.0 Å². The zero-order chi connectivity index (χ0) is 11.0. The van der Waals surface area contributed by atoms with Gasteiger partial charge in [-0.3, -0.25) is 0 Å². The minimum atomic E-state index is 0.406. The molecule has 16 heavy (non-hydrogen) atoms. The van der Waals surface area contributed by atoms with E-state index in [1.807, 2.05) is 12.1 Å². The van der Waals surface area contributed by atoms with Gasteiger partial charge in [0.1, 0.15) is 23.4 Å². The summed E-state index contributed by atoms with van der Waals surface area (Å²) in [7, 11) is 0. The number of anilines is 1. The van der Waals surface area contributed by atoms with Crippen LogP contribution in [0.5, 0.6) is 0 Å². The lowest BCUT2D eigenvalue weighted by atomic mass is 10.3. The number of hydrogen-bond acceptors (Lipinski definition) is 5. The van der Waals surface area contributed by atoms with Crippen LogP contribution < -0.4 is 5.73 Å². The number of nitrogens with zero attached hydrogens (tertiary/aromatic N) is 3. The molecule has 0 unspecified atom stereocenters. The fourth-order valence-electron chi connectivity index (χ4n) is 1.56. The number of nitrogens with two attached hydrogens (primary N) is 1. The lowest BCUT2D eigenvalue weighted by Gasteiger charge is -1.91. The lowest BCUT2D eigenvalue weighted by molar-refractivity contribution is 0.518. The average Bonchev–Trinajstić information content (AvgIpc) is 2.88. The van der Waals surface area contributed by atoms with Crippen molar-refractivity contribution in [1.82, 2.24) is 19.9 Å². The first-order valence-electron chi connectivity index (χ1n) is 4.80. The summed E-state index contributed by atoms with van der Waals surface area (Å²) in [6.45, 7) is 0. The minimum Gasteiger partial charge on any atom is -0.469 e. The molecule has 0 bridgehead atoms. The second-order valence-electron chi connectivity index (χ2n) is 3.40. The van der Waals surface area contributed by atoms with Crippen molar-refractivity contribution < 1.29 is 4.42 Å². The molecular weight excluding hydrogens is 206 g/mol. The lowest BCUT2D eigenvalue weighted by Crippen LogP contribution is -1.92. The largest absolute Gasteiger partial charge is 0.469 e. The SMILES string of the molecule is Nc1ncnc2nc(Cc3ccco3)[nH]c12. The molecule has 0 spiro atoms. The Labute approximate surface area is 90.5 Å². The van der Waals surface area contributed by atoms with Crippen molar-refractivity contribution in [2.24, 2.45) is 0 Å². The van der Waals surface area contributed by atoms with Crippen LogP contribution in [-0.2, 0) is 6.42 Å². The number of fused-ring (bicyclic) bond motifs is 1. The van der Waals surface area contributed by atoms with Crippen LogP contribution in [0.1, 0.15) is 11.6 Å². The summed E-state index contributed by atoms with van der Waals surface area (Å²) in [5.41, 5.74) is 6.95. The highest BCUT2D eigenvalue weighted by Crippen LogP contribution is 2.15. The van der Waals surface area contributed by atoms with Crippen LogP contribution in [0.15, 0.2) is 29.1 Å². The van der Waals surface area contributed by atoms with E-state index in [-0.39, 0.29) is 0 Å². The molecule has 0 radical (unpaired) electrons. The molecule has 3 heterocycles. The van der Waals surface area contributed by atoms with E-state index in [2.05, 4.69) is 19.9 Å². The average molecular weight is 215 g/mol. The number of rotatable bonds is 2. The van der Waals surface area contributed by atoms with Gasteiger partial charge in [-0.2, -0.15) is 0 Å². The van der Waals surface area contributed by atoms with E-state index >= 15 is 0 Å². The number of aromatic nitrogens is 4. The van der Waals surface area contributed by atoms with Crippen molar-refractivity contribution >= 4 is 17.0 Å². The monoisotopic (exact) mass is 215 g/mol. The van der Waals surface area contributed by atoms with Gasteiger partial charge >= 0.3 is 0 Å². The molecule has 0 aromatic carbocycles. The van der Waals surface area contributed by atoms with E-state index in [0.717, 1.165) is 11.6 Å². The molecule has 6 heteroatoms. The fraction of sp³-hybridized carbons (Fsp3) is 0.100. The Hall–Kier alpha value is -2.37. The third-order valence-corrected chi connectivity index (χ3v) is 2.29. The maximum atomic E-state index is 5.70. The highest BCUT2D eigenvalue weighted by Gasteiger charge is 2.08. The highest BCUT2D eigenvalue weighted by atomic mass is 16.3. The number of imidazole rings is 1. The standard InChI is InChI=1S/C10H9N5O/c11-9-8-10(13-5-12-9)15-7(14-8)4-6-2-1-3-16-6/h1-3,5H,4H2,(H3,11,12,13,14,15). The van der Waals surface area contributed by atoms with Gasteiger partial charge in [-0.05, 0) is 12.1 Å². The number of hydrogen-bond donors (Lipinski definition) is 2. The highest BCUT2D eigenvalue weighted by molar-refractivity contribution is 5.80. The first-order chi connectivity index (χ1) is 7.83. The molecule has 0 amide bonds. The first-order valence-corrected chi connectivity index (χ1v) is 4.80. The Balaban J connectivity index is 2.02. The van der Waals surface area contributed by atoms with E-state index in [1.165, 1.54) is 6.33 Å². The fourth-order valence-corrected chi connectivity index (χ4v) is 1.56. The molecule has 3 N–H and O–H groups in total. The molecule has 3 aromatic rings. The van der Waals surface area contributed by atoms with Crippen molar-refractivity contribution in [3.63, 3.8) is 0 Å². The van der Waals surface area contributed by atoms with Gasteiger partial charge < -0.3 is 15.1 Å². The number of furan rings is 1. The van der Waals surface area contributed by atoms with Crippen LogP contribution in [0.25, 0.3) is 11.2 Å². The molecule has 80 valence electrons. The molecule has 0 aliphatic carbocycles. The zero-order valence-corrected chi connectivity index (χ0v) is 8.34. The van der Waals surface area contributed by atoms with Gasteiger partial charge in [0.05, 0.1) is 12.7 Å². The molecule has 0 aliphatic heterocycles. The molecule has 0 saturated heterocycles. The molecule has 0 fully saturated rings. The van der Waals surface area contributed by atoms with Crippen LogP contribution in [0.2, 0.25) is 0 Å². The second-order valence-corrected chi connectivity index (χ2v) is 3.40. The van der Waals surface area contributed by atoms with Gasteiger partial charge in [0.15, 0.2) is 11.5 Å². The van der Waals surface area contributed by atoms with Crippen molar-refractivity contribution in [3.05, 3.63) is 36.3 Å². The van der Waals surface area contributed by atoms with Gasteiger partial charge in [0.2, 0.25) is 0 Å². The number of nitrogen functional groups attached to an aromatic ring is 1. The van der Waals surface area contributed by atoms with Gasteiger partial charge in [-0.15, -0.1) is 0 Å². The summed E-state index contributed by atoms with van der Waals surface area (Å²) in [5, 5.41) is 0. The summed E-state index contributed by atoms with van der Waals surface area (Å²) in [6, 6.07) is 3.73.